The molecule has 1 unspecified atom stereocenters. The van der Waals surface area contributed by atoms with Crippen LogP contribution >= 0.6 is 0 Å². The minimum Gasteiger partial charge on any atom is -0.465 e. The van der Waals surface area contributed by atoms with Gasteiger partial charge in [-0.2, -0.15) is 0 Å². The molecule has 126 valence electrons. The monoisotopic (exact) mass is 324 g/mol. The molecule has 0 aromatic carbocycles. The maximum Gasteiger partial charge on any atom is 0.341 e. The van der Waals surface area contributed by atoms with E-state index in [9.17, 15) is 13.6 Å². The normalized spacial score (nSPS) is 24.1. The molecule has 3 rings (SSSR count). The van der Waals surface area contributed by atoms with Gasteiger partial charge in [0.2, 0.25) is 0 Å². The molecule has 0 radical (unpaired) electrons. The molecule has 23 heavy (non-hydrogen) atoms. The van der Waals surface area contributed by atoms with Crippen molar-refractivity contribution in [1.82, 2.24) is 4.98 Å². The molecular formula is C17H22F2N2O2. The third kappa shape index (κ3) is 3.62. The van der Waals surface area contributed by atoms with E-state index in [0.717, 1.165) is 12.8 Å². The Morgan fingerprint density at radius 3 is 2.87 bits per heavy atom. The molecule has 2 aliphatic rings. The van der Waals surface area contributed by atoms with E-state index in [1.54, 1.807) is 23.2 Å². The first-order chi connectivity index (χ1) is 11.0. The fraction of sp³-hybridized carbons (Fsp3) is 0.647. The van der Waals surface area contributed by atoms with Crippen LogP contribution in [0.1, 0.15) is 42.5 Å². The Labute approximate surface area is 134 Å². The number of alkyl halides is 2. The lowest BCUT2D eigenvalue weighted by Crippen LogP contribution is -2.29. The van der Waals surface area contributed by atoms with Crippen molar-refractivity contribution in [2.24, 2.45) is 11.8 Å². The highest BCUT2D eigenvalue weighted by molar-refractivity contribution is 5.94. The number of nitrogens with zero attached hydrogens (tertiary/aromatic N) is 2. The number of hydrogen-bond donors (Lipinski definition) is 0. The van der Waals surface area contributed by atoms with Crippen molar-refractivity contribution >= 4 is 11.8 Å². The lowest BCUT2D eigenvalue weighted by Gasteiger charge is -2.23. The Balaban J connectivity index is 1.78. The minimum absolute atomic E-state index is 0.193. The zero-order valence-electron chi connectivity index (χ0n) is 13.3. The number of esters is 1. The molecule has 1 atom stereocenters. The zero-order chi connectivity index (χ0) is 16.4. The number of halogens is 2. The van der Waals surface area contributed by atoms with E-state index in [-0.39, 0.29) is 13.0 Å². The van der Waals surface area contributed by atoms with E-state index in [4.69, 9.17) is 4.74 Å². The largest absolute Gasteiger partial charge is 0.465 e. The number of anilines is 1. The third-order valence-electron chi connectivity index (χ3n) is 4.87. The van der Waals surface area contributed by atoms with Crippen LogP contribution in [0.5, 0.6) is 0 Å². The van der Waals surface area contributed by atoms with Crippen LogP contribution in [0.3, 0.4) is 0 Å². The Kier molecular flexibility index (Phi) is 4.50. The first kappa shape index (κ1) is 16.1. The zero-order valence-corrected chi connectivity index (χ0v) is 13.3. The molecule has 0 N–H and O–H groups in total. The van der Waals surface area contributed by atoms with E-state index in [2.05, 4.69) is 4.98 Å². The highest BCUT2D eigenvalue weighted by Gasteiger charge is 2.44. The van der Waals surface area contributed by atoms with Gasteiger partial charge < -0.3 is 9.64 Å². The molecule has 1 saturated heterocycles. The van der Waals surface area contributed by atoms with Crippen molar-refractivity contribution in [3.05, 3.63) is 23.9 Å². The number of pyridine rings is 1. The van der Waals surface area contributed by atoms with Gasteiger partial charge in [0.25, 0.3) is 5.92 Å². The van der Waals surface area contributed by atoms with E-state index in [0.29, 0.717) is 36.7 Å². The standard InChI is InChI=1S/C17H22F2N2O2/c1-23-16(22)14-3-2-8-20-15(14)21-9-6-13(11-12-4-5-12)17(18,19)7-10-21/h2-3,8,12-13H,4-7,9-11H2,1H3. The van der Waals surface area contributed by atoms with Crippen molar-refractivity contribution in [1.29, 1.82) is 0 Å². The highest BCUT2D eigenvalue weighted by atomic mass is 19.3. The number of aromatic nitrogens is 1. The van der Waals surface area contributed by atoms with Gasteiger partial charge >= 0.3 is 5.97 Å². The third-order valence-corrected chi connectivity index (χ3v) is 4.87. The first-order valence-electron chi connectivity index (χ1n) is 8.17. The van der Waals surface area contributed by atoms with Crippen LogP contribution in [0.2, 0.25) is 0 Å². The van der Waals surface area contributed by atoms with Gasteiger partial charge in [-0.25, -0.2) is 18.6 Å². The SMILES string of the molecule is COC(=O)c1cccnc1N1CCC(CC2CC2)C(F)(F)CC1. The molecular weight excluding hydrogens is 302 g/mol. The maximum absolute atomic E-state index is 14.4. The van der Waals surface area contributed by atoms with E-state index < -0.39 is 17.8 Å². The predicted molar refractivity (Wildman–Crippen MR) is 82.8 cm³/mol. The van der Waals surface area contributed by atoms with Gasteiger partial charge in [-0.1, -0.05) is 12.8 Å². The topological polar surface area (TPSA) is 42.4 Å². The number of rotatable bonds is 4. The summed E-state index contributed by atoms with van der Waals surface area (Å²) in [5.41, 5.74) is 0.332. The Morgan fingerprint density at radius 1 is 1.39 bits per heavy atom. The summed E-state index contributed by atoms with van der Waals surface area (Å²) in [7, 11) is 1.31. The first-order valence-corrected chi connectivity index (χ1v) is 8.17. The van der Waals surface area contributed by atoms with Crippen molar-refractivity contribution < 1.29 is 18.3 Å². The molecule has 0 amide bonds. The lowest BCUT2D eigenvalue weighted by atomic mass is 9.91. The fourth-order valence-electron chi connectivity index (χ4n) is 3.30. The van der Waals surface area contributed by atoms with Crippen molar-refractivity contribution in [2.45, 2.75) is 38.0 Å². The van der Waals surface area contributed by atoms with Gasteiger partial charge in [-0.05, 0) is 30.9 Å². The lowest BCUT2D eigenvalue weighted by molar-refractivity contribution is -0.0648. The van der Waals surface area contributed by atoms with Crippen molar-refractivity contribution in [3.8, 4) is 0 Å². The van der Waals surface area contributed by atoms with Crippen LogP contribution < -0.4 is 4.90 Å². The Hall–Kier alpha value is -1.72. The van der Waals surface area contributed by atoms with Crippen molar-refractivity contribution in [2.75, 3.05) is 25.1 Å². The molecule has 0 spiro atoms. The van der Waals surface area contributed by atoms with E-state index >= 15 is 0 Å². The molecule has 2 fully saturated rings. The number of hydrogen-bond acceptors (Lipinski definition) is 4. The molecule has 4 nitrogen and oxygen atoms in total. The molecule has 1 aromatic rings. The van der Waals surface area contributed by atoms with Crippen LogP contribution in [-0.4, -0.2) is 37.1 Å². The second kappa shape index (κ2) is 6.42. The Morgan fingerprint density at radius 2 is 2.17 bits per heavy atom. The molecule has 1 aliphatic carbocycles. The second-order valence-corrected chi connectivity index (χ2v) is 6.53. The number of methoxy groups -OCH3 is 1. The van der Waals surface area contributed by atoms with Crippen LogP contribution in [0.15, 0.2) is 18.3 Å². The van der Waals surface area contributed by atoms with Gasteiger partial charge in [-0.15, -0.1) is 0 Å². The number of carbonyl (C=O) groups is 1. The molecule has 1 aromatic heterocycles. The predicted octanol–water partition coefficient (Wildman–Crippen LogP) is 3.52. The van der Waals surface area contributed by atoms with Crippen LogP contribution in [0.4, 0.5) is 14.6 Å². The van der Waals surface area contributed by atoms with Crippen LogP contribution in [-0.2, 0) is 4.74 Å². The second-order valence-electron chi connectivity index (χ2n) is 6.53. The van der Waals surface area contributed by atoms with Gasteiger partial charge in [0.15, 0.2) is 0 Å². The summed E-state index contributed by atoms with van der Waals surface area (Å²) in [6.45, 7) is 0.698. The van der Waals surface area contributed by atoms with Gasteiger partial charge in [0.1, 0.15) is 11.4 Å². The molecule has 6 heteroatoms. The van der Waals surface area contributed by atoms with Crippen LogP contribution in [0, 0.1) is 11.8 Å². The number of ether oxygens (including phenoxy) is 1. The summed E-state index contributed by atoms with van der Waals surface area (Å²) in [6, 6.07) is 3.27. The van der Waals surface area contributed by atoms with E-state index in [1.807, 2.05) is 0 Å². The minimum atomic E-state index is -2.64. The Bertz CT molecular complexity index is 575. The summed E-state index contributed by atoms with van der Waals surface area (Å²) in [5, 5.41) is 0. The average molecular weight is 324 g/mol. The fourth-order valence-corrected chi connectivity index (χ4v) is 3.30. The van der Waals surface area contributed by atoms with Crippen LogP contribution in [0.25, 0.3) is 0 Å². The summed E-state index contributed by atoms with van der Waals surface area (Å²) in [5.74, 6) is -2.76. The van der Waals surface area contributed by atoms with E-state index in [1.165, 1.54) is 7.11 Å². The molecule has 1 aliphatic heterocycles. The smallest absolute Gasteiger partial charge is 0.341 e. The summed E-state index contributed by atoms with van der Waals surface area (Å²) >= 11 is 0. The van der Waals surface area contributed by atoms with Gasteiger partial charge in [0, 0.05) is 31.6 Å². The maximum atomic E-state index is 14.4. The molecule has 0 bridgehead atoms. The van der Waals surface area contributed by atoms with Gasteiger partial charge in [-0.3, -0.25) is 0 Å². The average Bonchev–Trinajstić information content (AvgIpc) is 3.37. The quantitative estimate of drug-likeness (QED) is 0.795. The summed E-state index contributed by atoms with van der Waals surface area (Å²) < 4.78 is 33.6. The number of carbonyl (C=O) groups excluding carboxylic acids is 1. The molecule has 2 heterocycles. The molecule has 1 saturated carbocycles. The summed E-state index contributed by atoms with van der Waals surface area (Å²) in [6.07, 6.45) is 4.60. The van der Waals surface area contributed by atoms with Gasteiger partial charge in [0.05, 0.1) is 7.11 Å². The highest BCUT2D eigenvalue weighted by Crippen LogP contribution is 2.44. The van der Waals surface area contributed by atoms with Crippen molar-refractivity contribution in [3.63, 3.8) is 0 Å². The summed E-state index contributed by atoms with van der Waals surface area (Å²) in [4.78, 5) is 17.9.